The summed E-state index contributed by atoms with van der Waals surface area (Å²) in [6.07, 6.45) is -3.22. The summed E-state index contributed by atoms with van der Waals surface area (Å²) in [7, 11) is -2.62. The van der Waals surface area contributed by atoms with Crippen LogP contribution in [-0.2, 0) is 19.1 Å². The number of nitrogens with zero attached hydrogens (tertiary/aromatic N) is 2. The highest BCUT2D eigenvalue weighted by atomic mass is 31.1. The molecule has 1 saturated heterocycles. The van der Waals surface area contributed by atoms with Crippen LogP contribution >= 0.6 is 8.17 Å². The van der Waals surface area contributed by atoms with Gasteiger partial charge in [0.05, 0.1) is 6.61 Å². The van der Waals surface area contributed by atoms with Crippen molar-refractivity contribution < 1.29 is 47.8 Å². The minimum atomic E-state index is -2.62. The normalized spacial score (nSPS) is 23.4. The van der Waals surface area contributed by atoms with Crippen molar-refractivity contribution in [3.05, 3.63) is 57.4 Å². The molecule has 3 rings (SSSR count). The van der Waals surface area contributed by atoms with E-state index in [1.54, 1.807) is 0 Å². The van der Waals surface area contributed by atoms with E-state index in [2.05, 4.69) is 10.3 Å². The monoisotopic (exact) mass is 586 g/mol. The molecule has 40 heavy (non-hydrogen) atoms. The largest absolute Gasteiger partial charge is 0.574 e. The SMILES string of the molecule is C[C@H](N/N=[P+](\[O-])Oc1ccc(OC[C@H]2O[C@@H](n3ccc(=O)[nH]c3=O)[C@](C)(F)[C@@H]2O)cc1)C(=O)OCCCC(=O)O. The summed E-state index contributed by atoms with van der Waals surface area (Å²) in [5.41, 5.74) is -1.59. The average Bonchev–Trinajstić information content (AvgIpc) is 3.12. The Morgan fingerprint density at radius 3 is 2.62 bits per heavy atom. The molecule has 0 spiro atoms. The number of hydrogen-bond acceptors (Lipinski definition) is 11. The number of nitrogens with one attached hydrogen (secondary N) is 2. The summed E-state index contributed by atoms with van der Waals surface area (Å²) < 4.78 is 37.2. The van der Waals surface area contributed by atoms with E-state index in [0.29, 0.717) is 0 Å². The highest BCUT2D eigenvalue weighted by Gasteiger charge is 2.55. The maximum Gasteiger partial charge on any atom is 0.412 e. The van der Waals surface area contributed by atoms with E-state index in [-0.39, 0.29) is 37.6 Å². The minimum Gasteiger partial charge on any atom is -0.574 e. The first-order valence-corrected chi connectivity index (χ1v) is 13.1. The maximum atomic E-state index is 15.3. The molecule has 0 amide bonds. The van der Waals surface area contributed by atoms with Gasteiger partial charge in [0.25, 0.3) is 5.56 Å². The molecule has 0 radical (unpaired) electrons. The summed E-state index contributed by atoms with van der Waals surface area (Å²) in [5.74, 6) is -1.29. The first-order chi connectivity index (χ1) is 18.9. The van der Waals surface area contributed by atoms with Crippen molar-refractivity contribution in [1.29, 1.82) is 0 Å². The number of carboxylic acids is 1. The number of benzene rings is 1. The van der Waals surface area contributed by atoms with Gasteiger partial charge in [0.1, 0.15) is 30.6 Å². The number of rotatable bonds is 13. The van der Waals surface area contributed by atoms with Gasteiger partial charge in [0, 0.05) is 23.5 Å². The lowest BCUT2D eigenvalue weighted by Crippen LogP contribution is -2.43. The summed E-state index contributed by atoms with van der Waals surface area (Å²) in [6.45, 7) is 2.12. The molecule has 6 atom stereocenters. The number of alkyl halides is 1. The number of aliphatic carboxylic acids is 1. The summed E-state index contributed by atoms with van der Waals surface area (Å²) >= 11 is 0. The fourth-order valence-corrected chi connectivity index (χ4v) is 4.17. The molecule has 15 nitrogen and oxygen atoms in total. The fraction of sp³-hybridized carbons (Fsp3) is 0.478. The number of aliphatic hydroxyl groups excluding tert-OH is 1. The van der Waals surface area contributed by atoms with Crippen LogP contribution in [0.5, 0.6) is 11.5 Å². The van der Waals surface area contributed by atoms with Gasteiger partial charge in [-0.3, -0.25) is 28.5 Å². The molecule has 0 aliphatic carbocycles. The third kappa shape index (κ3) is 8.16. The smallest absolute Gasteiger partial charge is 0.412 e. The van der Waals surface area contributed by atoms with Crippen LogP contribution in [0.2, 0.25) is 0 Å². The number of hydrogen-bond donors (Lipinski definition) is 4. The van der Waals surface area contributed by atoms with Crippen LogP contribution in [0.3, 0.4) is 0 Å². The quantitative estimate of drug-likeness (QED) is 0.107. The topological polar surface area (TPSA) is 214 Å². The van der Waals surface area contributed by atoms with Gasteiger partial charge in [-0.1, -0.05) is 0 Å². The van der Waals surface area contributed by atoms with E-state index >= 15 is 4.39 Å². The molecule has 218 valence electrons. The third-order valence-electron chi connectivity index (χ3n) is 5.71. The lowest BCUT2D eigenvalue weighted by atomic mass is 9.98. The van der Waals surface area contributed by atoms with Crippen LogP contribution in [0.25, 0.3) is 0 Å². The van der Waals surface area contributed by atoms with E-state index in [1.165, 1.54) is 31.2 Å². The number of carbonyl (C=O) groups is 2. The highest BCUT2D eigenvalue weighted by molar-refractivity contribution is 7.33. The Hall–Kier alpha value is -3.69. The molecule has 17 heteroatoms. The number of aromatic amines is 1. The number of esters is 1. The summed E-state index contributed by atoms with van der Waals surface area (Å²) in [5, 5.41) is 19.0. The molecule has 2 aromatic rings. The minimum absolute atomic E-state index is 0.0805. The van der Waals surface area contributed by atoms with Gasteiger partial charge in [-0.2, -0.15) is 5.43 Å². The molecule has 0 bridgehead atoms. The molecule has 2 heterocycles. The van der Waals surface area contributed by atoms with Crippen molar-refractivity contribution in [3.63, 3.8) is 0 Å². The zero-order valence-corrected chi connectivity index (χ0v) is 22.3. The molecule has 1 unspecified atom stereocenters. The fourth-order valence-electron chi connectivity index (χ4n) is 3.56. The number of H-pyrrole nitrogens is 1. The second-order valence-electron chi connectivity index (χ2n) is 8.87. The number of carboxylic acid groups (broad SMARTS) is 1. The molecule has 4 N–H and O–H groups in total. The van der Waals surface area contributed by atoms with Crippen LogP contribution in [0, 0.1) is 0 Å². The van der Waals surface area contributed by atoms with Crippen molar-refractivity contribution in [1.82, 2.24) is 15.0 Å². The van der Waals surface area contributed by atoms with Gasteiger partial charge in [0.2, 0.25) is 0 Å². The van der Waals surface area contributed by atoms with Crippen LogP contribution in [0.4, 0.5) is 4.39 Å². The van der Waals surface area contributed by atoms with E-state index in [4.69, 9.17) is 23.8 Å². The van der Waals surface area contributed by atoms with Crippen LogP contribution < -0.4 is 30.8 Å². The Morgan fingerprint density at radius 1 is 1.30 bits per heavy atom. The second kappa shape index (κ2) is 13.6. The highest BCUT2D eigenvalue weighted by Crippen LogP contribution is 2.40. The molecular formula is C23H28FN4O11P. The molecule has 1 fully saturated rings. The van der Waals surface area contributed by atoms with Crippen LogP contribution in [-0.4, -0.2) is 68.8 Å². The lowest BCUT2D eigenvalue weighted by molar-refractivity contribution is -0.169. The predicted molar refractivity (Wildman–Crippen MR) is 133 cm³/mol. The number of aromatic nitrogens is 2. The van der Waals surface area contributed by atoms with Crippen LogP contribution in [0.1, 0.15) is 32.9 Å². The number of halogens is 1. The Kier molecular flexibility index (Phi) is 10.5. The van der Waals surface area contributed by atoms with Crippen molar-refractivity contribution in [2.75, 3.05) is 13.2 Å². The molecule has 0 saturated carbocycles. The summed E-state index contributed by atoms with van der Waals surface area (Å²) in [6, 6.07) is 5.79. The van der Waals surface area contributed by atoms with Gasteiger partial charge in [-0.15, -0.1) is 0 Å². The Morgan fingerprint density at radius 2 is 1.98 bits per heavy atom. The second-order valence-corrected chi connectivity index (χ2v) is 9.73. The van der Waals surface area contributed by atoms with Crippen molar-refractivity contribution in [2.45, 2.75) is 56.8 Å². The molecular weight excluding hydrogens is 558 g/mol. The first kappa shape index (κ1) is 30.8. The van der Waals surface area contributed by atoms with Gasteiger partial charge < -0.3 is 29.3 Å². The maximum absolute atomic E-state index is 15.3. The van der Waals surface area contributed by atoms with E-state index in [9.17, 15) is 29.2 Å². The van der Waals surface area contributed by atoms with Crippen molar-refractivity contribution in [3.8, 4) is 11.5 Å². The van der Waals surface area contributed by atoms with Crippen molar-refractivity contribution >= 4 is 20.1 Å². The predicted octanol–water partition coefficient (Wildman–Crippen LogP) is 0.138. The van der Waals surface area contributed by atoms with Gasteiger partial charge in [-0.05, 0) is 44.5 Å². The van der Waals surface area contributed by atoms with E-state index in [0.717, 1.165) is 23.8 Å². The van der Waals surface area contributed by atoms with Gasteiger partial charge >= 0.3 is 25.8 Å². The third-order valence-corrected chi connectivity index (χ3v) is 6.35. The first-order valence-electron chi connectivity index (χ1n) is 11.9. The number of aliphatic hydroxyl groups is 1. The van der Waals surface area contributed by atoms with Crippen LogP contribution in [0.15, 0.2) is 51.0 Å². The zero-order valence-electron chi connectivity index (χ0n) is 21.4. The Balaban J connectivity index is 1.49. The lowest BCUT2D eigenvalue weighted by Gasteiger charge is -2.24. The number of ether oxygens (including phenoxy) is 3. The molecule has 1 aliphatic rings. The number of carbonyl (C=O) groups excluding carboxylic acids is 1. The van der Waals surface area contributed by atoms with E-state index in [1.807, 2.05) is 4.98 Å². The van der Waals surface area contributed by atoms with Gasteiger partial charge in [-0.25, -0.2) is 9.18 Å². The Labute approximate surface area is 227 Å². The molecule has 1 aromatic carbocycles. The van der Waals surface area contributed by atoms with Crippen molar-refractivity contribution in [2.24, 2.45) is 4.85 Å². The molecule has 1 aromatic heterocycles. The standard InChI is InChI=1S/C23H28FN4O11P/c1-13(20(33)36-11-3-4-18(30)31)26-27-40(35)39-15-7-5-14(6-8-15)37-12-16-19(32)23(2,24)21(38-16)28-10-9-17(29)25-22(28)34/h5-10,13,16,19,21,26,32H,3-4,11-12H2,1-2H3,(H,30,31)(H,25,29,34)/t13-,16+,19+,21+,23+/m0/s1. The molecule has 1 aliphatic heterocycles. The van der Waals surface area contributed by atoms with Gasteiger partial charge in [0.15, 0.2) is 17.6 Å². The average molecular weight is 586 g/mol. The van der Waals surface area contributed by atoms with E-state index < -0.39 is 61.5 Å². The Bertz CT molecular complexity index is 1330. The summed E-state index contributed by atoms with van der Waals surface area (Å²) in [4.78, 5) is 63.2. The zero-order chi connectivity index (χ0) is 29.4.